The van der Waals surface area contributed by atoms with Gasteiger partial charge in [0.05, 0.1) is 0 Å². The monoisotopic (exact) mass is 274 g/mol. The van der Waals surface area contributed by atoms with Crippen molar-refractivity contribution in [1.29, 1.82) is 0 Å². The summed E-state index contributed by atoms with van der Waals surface area (Å²) in [5.74, 6) is 2.16. The number of nitrogens with two attached hydrogens (primary N) is 1. The average molecular weight is 274 g/mol. The summed E-state index contributed by atoms with van der Waals surface area (Å²) in [6.45, 7) is 8.76. The molecule has 0 radical (unpaired) electrons. The number of hydrogen-bond acceptors (Lipinski definition) is 4. The van der Waals surface area contributed by atoms with Gasteiger partial charge in [0.1, 0.15) is 5.82 Å². The quantitative estimate of drug-likeness (QED) is 0.882. The van der Waals surface area contributed by atoms with Gasteiger partial charge in [-0.15, -0.1) is 0 Å². The van der Waals surface area contributed by atoms with E-state index >= 15 is 0 Å². The van der Waals surface area contributed by atoms with Crippen LogP contribution in [0.5, 0.6) is 0 Å². The average Bonchev–Trinajstić information content (AvgIpc) is 3.25. The standard InChI is InChI=1S/C16H26N4/c1-13-10-15(4-5-17)11-18-16(13)20-8-6-19(7-9-20)12-14-2-3-14/h10-11,14H,2-9,12,17H2,1H3. The van der Waals surface area contributed by atoms with Crippen LogP contribution in [0.25, 0.3) is 0 Å². The second-order valence-corrected chi connectivity index (χ2v) is 6.25. The number of aryl methyl sites for hydroxylation is 1. The number of pyridine rings is 1. The molecule has 1 aliphatic carbocycles. The van der Waals surface area contributed by atoms with Crippen molar-refractivity contribution in [2.24, 2.45) is 11.7 Å². The van der Waals surface area contributed by atoms with Gasteiger partial charge in [-0.3, -0.25) is 4.90 Å². The Morgan fingerprint density at radius 3 is 2.60 bits per heavy atom. The van der Waals surface area contributed by atoms with Crippen LogP contribution < -0.4 is 10.6 Å². The maximum absolute atomic E-state index is 5.61. The zero-order chi connectivity index (χ0) is 13.9. The van der Waals surface area contributed by atoms with Gasteiger partial charge in [0, 0.05) is 38.9 Å². The Morgan fingerprint density at radius 2 is 2.00 bits per heavy atom. The van der Waals surface area contributed by atoms with E-state index in [2.05, 4.69) is 27.8 Å². The van der Waals surface area contributed by atoms with Crippen molar-refractivity contribution in [3.63, 3.8) is 0 Å². The Hall–Kier alpha value is -1.13. The van der Waals surface area contributed by atoms with Crippen LogP contribution in [0.4, 0.5) is 5.82 Å². The molecule has 1 saturated carbocycles. The highest BCUT2D eigenvalue weighted by atomic mass is 15.3. The molecule has 0 spiro atoms. The van der Waals surface area contributed by atoms with Gasteiger partial charge in [0.15, 0.2) is 0 Å². The molecule has 2 fully saturated rings. The molecular formula is C16H26N4. The molecule has 4 heteroatoms. The number of anilines is 1. The lowest BCUT2D eigenvalue weighted by molar-refractivity contribution is 0.247. The fourth-order valence-corrected chi connectivity index (χ4v) is 3.07. The fraction of sp³-hybridized carbons (Fsp3) is 0.688. The third-order valence-electron chi connectivity index (χ3n) is 4.43. The van der Waals surface area contributed by atoms with E-state index in [0.717, 1.165) is 31.2 Å². The Balaban J connectivity index is 1.59. The van der Waals surface area contributed by atoms with Crippen LogP contribution in [0, 0.1) is 12.8 Å². The molecule has 0 bridgehead atoms. The normalized spacial score (nSPS) is 20.4. The maximum atomic E-state index is 5.61. The number of hydrogen-bond donors (Lipinski definition) is 1. The zero-order valence-electron chi connectivity index (χ0n) is 12.5. The topological polar surface area (TPSA) is 45.4 Å². The van der Waals surface area contributed by atoms with Crippen molar-refractivity contribution in [2.45, 2.75) is 26.2 Å². The van der Waals surface area contributed by atoms with Gasteiger partial charge in [-0.1, -0.05) is 6.07 Å². The number of nitrogens with zero attached hydrogens (tertiary/aromatic N) is 3. The molecule has 0 aromatic carbocycles. The molecule has 110 valence electrons. The first-order valence-electron chi connectivity index (χ1n) is 7.89. The minimum Gasteiger partial charge on any atom is -0.354 e. The van der Waals surface area contributed by atoms with E-state index < -0.39 is 0 Å². The highest BCUT2D eigenvalue weighted by Crippen LogP contribution is 2.30. The van der Waals surface area contributed by atoms with Gasteiger partial charge in [-0.2, -0.15) is 0 Å². The van der Waals surface area contributed by atoms with Gasteiger partial charge >= 0.3 is 0 Å². The van der Waals surface area contributed by atoms with Crippen LogP contribution in [-0.4, -0.2) is 49.2 Å². The SMILES string of the molecule is Cc1cc(CCN)cnc1N1CCN(CC2CC2)CC1. The van der Waals surface area contributed by atoms with Crippen molar-refractivity contribution in [1.82, 2.24) is 9.88 Å². The molecule has 0 atom stereocenters. The lowest BCUT2D eigenvalue weighted by Crippen LogP contribution is -2.47. The smallest absolute Gasteiger partial charge is 0.131 e. The Labute approximate surface area is 122 Å². The maximum Gasteiger partial charge on any atom is 0.131 e. The van der Waals surface area contributed by atoms with Crippen LogP contribution in [0.2, 0.25) is 0 Å². The van der Waals surface area contributed by atoms with Crippen LogP contribution in [0.1, 0.15) is 24.0 Å². The van der Waals surface area contributed by atoms with Crippen LogP contribution >= 0.6 is 0 Å². The summed E-state index contributed by atoms with van der Waals surface area (Å²) < 4.78 is 0. The minimum atomic E-state index is 0.695. The molecule has 2 heterocycles. The molecule has 2 aliphatic rings. The van der Waals surface area contributed by atoms with Crippen molar-refractivity contribution >= 4 is 5.82 Å². The van der Waals surface area contributed by atoms with E-state index in [1.54, 1.807) is 0 Å². The van der Waals surface area contributed by atoms with Gasteiger partial charge in [0.25, 0.3) is 0 Å². The third kappa shape index (κ3) is 3.30. The summed E-state index contributed by atoms with van der Waals surface area (Å²) in [6, 6.07) is 2.24. The molecule has 4 nitrogen and oxygen atoms in total. The fourth-order valence-electron chi connectivity index (χ4n) is 3.07. The second-order valence-electron chi connectivity index (χ2n) is 6.25. The van der Waals surface area contributed by atoms with Crippen molar-refractivity contribution in [3.05, 3.63) is 23.4 Å². The number of aromatic nitrogens is 1. The Bertz CT molecular complexity index is 448. The first-order valence-corrected chi connectivity index (χ1v) is 7.89. The molecule has 20 heavy (non-hydrogen) atoms. The van der Waals surface area contributed by atoms with Gasteiger partial charge in [-0.05, 0) is 49.8 Å². The van der Waals surface area contributed by atoms with Crippen molar-refractivity contribution < 1.29 is 0 Å². The number of rotatable bonds is 5. The highest BCUT2D eigenvalue weighted by molar-refractivity contribution is 5.47. The largest absolute Gasteiger partial charge is 0.354 e. The summed E-state index contributed by atoms with van der Waals surface area (Å²) >= 11 is 0. The summed E-state index contributed by atoms with van der Waals surface area (Å²) in [7, 11) is 0. The first kappa shape index (κ1) is 13.8. The van der Waals surface area contributed by atoms with E-state index in [0.29, 0.717) is 6.54 Å². The molecule has 0 unspecified atom stereocenters. The molecule has 1 aromatic heterocycles. The molecule has 0 amide bonds. The van der Waals surface area contributed by atoms with Crippen molar-refractivity contribution in [3.8, 4) is 0 Å². The van der Waals surface area contributed by atoms with E-state index in [1.165, 1.54) is 43.6 Å². The summed E-state index contributed by atoms with van der Waals surface area (Å²) in [5, 5.41) is 0. The van der Waals surface area contributed by atoms with Crippen LogP contribution in [-0.2, 0) is 6.42 Å². The molecule has 3 rings (SSSR count). The minimum absolute atomic E-state index is 0.695. The third-order valence-corrected chi connectivity index (χ3v) is 4.43. The Morgan fingerprint density at radius 1 is 1.25 bits per heavy atom. The van der Waals surface area contributed by atoms with Gasteiger partial charge in [0.2, 0.25) is 0 Å². The van der Waals surface area contributed by atoms with E-state index in [-0.39, 0.29) is 0 Å². The Kier molecular flexibility index (Phi) is 4.22. The van der Waals surface area contributed by atoms with Crippen LogP contribution in [0.3, 0.4) is 0 Å². The summed E-state index contributed by atoms with van der Waals surface area (Å²) in [6.07, 6.45) is 5.81. The molecular weight excluding hydrogens is 248 g/mol. The first-order chi connectivity index (χ1) is 9.76. The van der Waals surface area contributed by atoms with Crippen LogP contribution in [0.15, 0.2) is 12.3 Å². The van der Waals surface area contributed by atoms with E-state index in [9.17, 15) is 0 Å². The number of piperazine rings is 1. The zero-order valence-corrected chi connectivity index (χ0v) is 12.5. The summed E-state index contributed by atoms with van der Waals surface area (Å²) in [5.41, 5.74) is 8.14. The van der Waals surface area contributed by atoms with Crippen molar-refractivity contribution in [2.75, 3.05) is 44.2 Å². The molecule has 1 saturated heterocycles. The van der Waals surface area contributed by atoms with E-state index in [4.69, 9.17) is 5.73 Å². The highest BCUT2D eigenvalue weighted by Gasteiger charge is 2.26. The lowest BCUT2D eigenvalue weighted by atomic mass is 10.1. The van der Waals surface area contributed by atoms with Gasteiger partial charge in [-0.25, -0.2) is 4.98 Å². The lowest BCUT2D eigenvalue weighted by Gasteiger charge is -2.36. The molecule has 1 aromatic rings. The molecule has 2 N–H and O–H groups in total. The molecule has 1 aliphatic heterocycles. The summed E-state index contributed by atoms with van der Waals surface area (Å²) in [4.78, 5) is 9.72. The van der Waals surface area contributed by atoms with Gasteiger partial charge < -0.3 is 10.6 Å². The van der Waals surface area contributed by atoms with E-state index in [1.807, 2.05) is 6.20 Å². The predicted octanol–water partition coefficient (Wildman–Crippen LogP) is 1.42. The second kappa shape index (κ2) is 6.10. The predicted molar refractivity (Wildman–Crippen MR) is 83.1 cm³/mol.